The Kier molecular flexibility index (Phi) is 5.61. The summed E-state index contributed by atoms with van der Waals surface area (Å²) in [7, 11) is 0. The van der Waals surface area contributed by atoms with Crippen molar-refractivity contribution in [2.24, 2.45) is 0 Å². The first-order chi connectivity index (χ1) is 11.7. The van der Waals surface area contributed by atoms with Crippen molar-refractivity contribution in [1.82, 2.24) is 10.2 Å². The van der Waals surface area contributed by atoms with E-state index in [2.05, 4.69) is 33.7 Å². The molecule has 0 radical (unpaired) electrons. The molecule has 6 heteroatoms. The Labute approximate surface area is 149 Å². The number of aryl methyl sites for hydroxylation is 1. The number of thioether (sulfide) groups is 1. The summed E-state index contributed by atoms with van der Waals surface area (Å²) >= 11 is 2.97. The van der Waals surface area contributed by atoms with E-state index >= 15 is 0 Å². The van der Waals surface area contributed by atoms with Crippen LogP contribution in [-0.4, -0.2) is 21.9 Å². The van der Waals surface area contributed by atoms with E-state index in [1.807, 2.05) is 43.3 Å². The van der Waals surface area contributed by atoms with Crippen molar-refractivity contribution in [3.63, 3.8) is 0 Å². The van der Waals surface area contributed by atoms with Gasteiger partial charge in [0.1, 0.15) is 5.01 Å². The molecule has 0 aliphatic carbocycles. The first kappa shape index (κ1) is 16.7. The second kappa shape index (κ2) is 8.08. The molecule has 0 aliphatic rings. The number of nitrogens with one attached hydrogen (secondary N) is 1. The van der Waals surface area contributed by atoms with Gasteiger partial charge in [0.25, 0.3) is 0 Å². The second-order valence-electron chi connectivity index (χ2n) is 5.31. The van der Waals surface area contributed by atoms with Gasteiger partial charge in [-0.1, -0.05) is 65.4 Å². The van der Waals surface area contributed by atoms with E-state index in [9.17, 15) is 4.79 Å². The van der Waals surface area contributed by atoms with Gasteiger partial charge >= 0.3 is 0 Å². The Morgan fingerprint density at radius 3 is 2.75 bits per heavy atom. The van der Waals surface area contributed by atoms with Gasteiger partial charge in [0.2, 0.25) is 11.0 Å². The monoisotopic (exact) mass is 355 g/mol. The smallest absolute Gasteiger partial charge is 0.236 e. The molecular weight excluding hydrogens is 338 g/mol. The molecular formula is C18H17N3OS2. The van der Waals surface area contributed by atoms with Gasteiger partial charge in [0.05, 0.1) is 5.75 Å². The van der Waals surface area contributed by atoms with Gasteiger partial charge in [-0.2, -0.15) is 0 Å². The maximum Gasteiger partial charge on any atom is 0.236 e. The number of hydrogen-bond acceptors (Lipinski definition) is 5. The summed E-state index contributed by atoms with van der Waals surface area (Å²) in [5, 5.41) is 12.4. The standard InChI is InChI=1S/C18H17N3OS2/c1-13-6-5-9-15(10-13)17-20-21-18(24-17)19-16(22)12-23-11-14-7-3-2-4-8-14/h2-10H,11-12H2,1H3,(H,19,21,22). The van der Waals surface area contributed by atoms with Gasteiger partial charge in [-0.25, -0.2) is 0 Å². The second-order valence-corrected chi connectivity index (χ2v) is 7.27. The Morgan fingerprint density at radius 2 is 1.96 bits per heavy atom. The number of hydrogen-bond donors (Lipinski definition) is 1. The maximum absolute atomic E-state index is 12.0. The van der Waals surface area contributed by atoms with E-state index < -0.39 is 0 Å². The highest BCUT2D eigenvalue weighted by Crippen LogP contribution is 2.26. The molecule has 0 spiro atoms. The highest BCUT2D eigenvalue weighted by molar-refractivity contribution is 7.99. The lowest BCUT2D eigenvalue weighted by Gasteiger charge is -2.02. The van der Waals surface area contributed by atoms with E-state index in [1.54, 1.807) is 11.8 Å². The summed E-state index contributed by atoms with van der Waals surface area (Å²) < 4.78 is 0. The molecule has 0 fully saturated rings. The number of carbonyl (C=O) groups excluding carboxylic acids is 1. The fourth-order valence-electron chi connectivity index (χ4n) is 2.16. The van der Waals surface area contributed by atoms with Crippen LogP contribution in [0.3, 0.4) is 0 Å². The molecule has 1 amide bonds. The van der Waals surface area contributed by atoms with Crippen LogP contribution in [-0.2, 0) is 10.5 Å². The fraction of sp³-hybridized carbons (Fsp3) is 0.167. The van der Waals surface area contributed by atoms with E-state index in [4.69, 9.17) is 0 Å². The van der Waals surface area contributed by atoms with Crippen LogP contribution in [0.4, 0.5) is 5.13 Å². The van der Waals surface area contributed by atoms with E-state index in [0.29, 0.717) is 10.9 Å². The predicted molar refractivity (Wildman–Crippen MR) is 101 cm³/mol. The number of amides is 1. The first-order valence-electron chi connectivity index (χ1n) is 7.53. The normalized spacial score (nSPS) is 10.5. The van der Waals surface area contributed by atoms with Crippen molar-refractivity contribution in [2.45, 2.75) is 12.7 Å². The zero-order chi connectivity index (χ0) is 16.8. The van der Waals surface area contributed by atoms with Crippen molar-refractivity contribution in [1.29, 1.82) is 0 Å². The molecule has 4 nitrogen and oxygen atoms in total. The zero-order valence-electron chi connectivity index (χ0n) is 13.2. The summed E-state index contributed by atoms with van der Waals surface area (Å²) in [6.45, 7) is 2.04. The summed E-state index contributed by atoms with van der Waals surface area (Å²) in [4.78, 5) is 12.0. The van der Waals surface area contributed by atoms with Crippen LogP contribution in [0.2, 0.25) is 0 Å². The molecule has 3 rings (SSSR count). The Balaban J connectivity index is 1.52. The molecule has 0 aliphatic heterocycles. The number of rotatable bonds is 6. The number of carbonyl (C=O) groups is 1. The molecule has 0 saturated heterocycles. The Morgan fingerprint density at radius 1 is 1.12 bits per heavy atom. The van der Waals surface area contributed by atoms with Crippen molar-refractivity contribution in [3.05, 3.63) is 65.7 Å². The van der Waals surface area contributed by atoms with Gasteiger partial charge in [-0.15, -0.1) is 22.0 Å². The number of aromatic nitrogens is 2. The minimum atomic E-state index is -0.0529. The van der Waals surface area contributed by atoms with Gasteiger partial charge in [-0.3, -0.25) is 10.1 Å². The summed E-state index contributed by atoms with van der Waals surface area (Å²) in [6.07, 6.45) is 0. The van der Waals surface area contributed by atoms with Gasteiger partial charge in [-0.05, 0) is 18.6 Å². The lowest BCUT2D eigenvalue weighted by atomic mass is 10.1. The van der Waals surface area contributed by atoms with Gasteiger partial charge in [0.15, 0.2) is 0 Å². The fourth-order valence-corrected chi connectivity index (χ4v) is 3.70. The molecule has 3 aromatic rings. The van der Waals surface area contributed by atoms with E-state index in [-0.39, 0.29) is 5.91 Å². The third-order valence-corrected chi connectivity index (χ3v) is 5.17. The highest BCUT2D eigenvalue weighted by atomic mass is 32.2. The van der Waals surface area contributed by atoms with Crippen LogP contribution >= 0.6 is 23.1 Å². The molecule has 24 heavy (non-hydrogen) atoms. The summed E-state index contributed by atoms with van der Waals surface area (Å²) in [6, 6.07) is 18.2. The van der Waals surface area contributed by atoms with Crippen LogP contribution in [0, 0.1) is 6.92 Å². The third-order valence-electron chi connectivity index (χ3n) is 3.28. The highest BCUT2D eigenvalue weighted by Gasteiger charge is 2.10. The quantitative estimate of drug-likeness (QED) is 0.713. The van der Waals surface area contributed by atoms with Crippen molar-refractivity contribution < 1.29 is 4.79 Å². The summed E-state index contributed by atoms with van der Waals surface area (Å²) in [5.74, 6) is 1.16. The average Bonchev–Trinajstić information content (AvgIpc) is 3.04. The number of nitrogens with zero attached hydrogens (tertiary/aromatic N) is 2. The molecule has 1 heterocycles. The largest absolute Gasteiger partial charge is 0.300 e. The van der Waals surface area contributed by atoms with Crippen LogP contribution in [0.15, 0.2) is 54.6 Å². The first-order valence-corrected chi connectivity index (χ1v) is 9.50. The Hall–Kier alpha value is -2.18. The number of benzene rings is 2. The average molecular weight is 355 g/mol. The maximum atomic E-state index is 12.0. The molecule has 1 aromatic heterocycles. The van der Waals surface area contributed by atoms with Crippen LogP contribution in [0.1, 0.15) is 11.1 Å². The molecule has 122 valence electrons. The van der Waals surface area contributed by atoms with Crippen molar-refractivity contribution in [2.75, 3.05) is 11.1 Å². The topological polar surface area (TPSA) is 54.9 Å². The third kappa shape index (κ3) is 4.66. The molecule has 0 unspecified atom stereocenters. The van der Waals surface area contributed by atoms with E-state index in [1.165, 1.54) is 22.5 Å². The number of anilines is 1. The van der Waals surface area contributed by atoms with Crippen LogP contribution < -0.4 is 5.32 Å². The lowest BCUT2D eigenvalue weighted by Crippen LogP contribution is -2.13. The minimum absolute atomic E-state index is 0.0529. The summed E-state index contributed by atoms with van der Waals surface area (Å²) in [5.41, 5.74) is 3.41. The van der Waals surface area contributed by atoms with Gasteiger partial charge < -0.3 is 0 Å². The van der Waals surface area contributed by atoms with Gasteiger partial charge in [0, 0.05) is 11.3 Å². The molecule has 1 N–H and O–H groups in total. The minimum Gasteiger partial charge on any atom is -0.300 e. The Bertz CT molecular complexity index is 818. The van der Waals surface area contributed by atoms with Crippen LogP contribution in [0.5, 0.6) is 0 Å². The van der Waals surface area contributed by atoms with E-state index in [0.717, 1.165) is 16.3 Å². The predicted octanol–water partition coefficient (Wildman–Crippen LogP) is 4.39. The molecule has 0 bridgehead atoms. The molecule has 2 aromatic carbocycles. The van der Waals surface area contributed by atoms with Crippen molar-refractivity contribution in [3.8, 4) is 10.6 Å². The van der Waals surface area contributed by atoms with Crippen molar-refractivity contribution >= 4 is 34.1 Å². The lowest BCUT2D eigenvalue weighted by molar-refractivity contribution is -0.113. The molecule has 0 atom stereocenters. The molecule has 0 saturated carbocycles. The zero-order valence-corrected chi connectivity index (χ0v) is 14.9. The van der Waals surface area contributed by atoms with Crippen LogP contribution in [0.25, 0.3) is 10.6 Å². The SMILES string of the molecule is Cc1cccc(-c2nnc(NC(=O)CSCc3ccccc3)s2)c1.